The van der Waals surface area contributed by atoms with Crippen molar-refractivity contribution < 1.29 is 37.2 Å². The quantitative estimate of drug-likeness (QED) is 0.145. The van der Waals surface area contributed by atoms with Crippen molar-refractivity contribution in [1.29, 1.82) is 0 Å². The number of aryl methyl sites for hydroxylation is 1. The van der Waals surface area contributed by atoms with Crippen LogP contribution in [-0.4, -0.2) is 69.0 Å². The molecule has 5 rings (SSSR count). The van der Waals surface area contributed by atoms with E-state index in [1.807, 2.05) is 61.5 Å². The second-order valence-corrected chi connectivity index (χ2v) is 10.2. The fourth-order valence-electron chi connectivity index (χ4n) is 5.45. The van der Waals surface area contributed by atoms with Crippen LogP contribution in [0.3, 0.4) is 0 Å². The van der Waals surface area contributed by atoms with E-state index in [-0.39, 0.29) is 39.4 Å². The van der Waals surface area contributed by atoms with Crippen LogP contribution < -0.4 is 19.7 Å². The van der Waals surface area contributed by atoms with Crippen LogP contribution in [0.1, 0.15) is 16.7 Å². The monoisotopic (exact) mass is 611 g/mol. The Morgan fingerprint density at radius 2 is 1.66 bits per heavy atom. The summed E-state index contributed by atoms with van der Waals surface area (Å²) in [7, 11) is 0. The Hall–Kier alpha value is -4.06. The van der Waals surface area contributed by atoms with Crippen LogP contribution in [0.2, 0.25) is 0 Å². The van der Waals surface area contributed by atoms with E-state index in [2.05, 4.69) is 5.32 Å². The summed E-state index contributed by atoms with van der Waals surface area (Å²) in [5, 5.41) is 13.4. The summed E-state index contributed by atoms with van der Waals surface area (Å²) in [5.41, 5.74) is 4.20. The van der Waals surface area contributed by atoms with Gasteiger partial charge >= 0.3 is 0 Å². The maximum atomic E-state index is 13.6. The molecule has 1 aliphatic heterocycles. The number of ether oxygens (including phenoxy) is 4. The van der Waals surface area contributed by atoms with Gasteiger partial charge in [-0.05, 0) is 42.3 Å². The summed E-state index contributed by atoms with van der Waals surface area (Å²) < 4.78 is 64.4. The van der Waals surface area contributed by atoms with Crippen LogP contribution in [0, 0.1) is 6.92 Å². The van der Waals surface area contributed by atoms with Gasteiger partial charge in [-0.1, -0.05) is 42.5 Å². The average Bonchev–Trinajstić information content (AvgIpc) is 3.39. The van der Waals surface area contributed by atoms with Crippen molar-refractivity contribution in [2.24, 2.45) is 0 Å². The summed E-state index contributed by atoms with van der Waals surface area (Å²) in [6.07, 6.45) is 0.0697. The number of aliphatic hydroxyl groups excluding tert-OH is 1. The molecule has 234 valence electrons. The summed E-state index contributed by atoms with van der Waals surface area (Å²) in [5.74, 6) is -0.207. The molecule has 11 heteroatoms. The lowest BCUT2D eigenvalue weighted by atomic mass is 10.1. The number of benzene rings is 3. The Labute approximate surface area is 254 Å². The van der Waals surface area contributed by atoms with Crippen LogP contribution in [0.5, 0.6) is 11.5 Å². The number of hydrogen-bond acceptors (Lipinski definition) is 8. The minimum Gasteiger partial charge on any atom is -0.489 e. The molecule has 1 aliphatic rings. The lowest BCUT2D eigenvalue weighted by Crippen LogP contribution is -2.50. The third-order valence-electron chi connectivity index (χ3n) is 7.22. The van der Waals surface area contributed by atoms with Crippen LogP contribution in [0.4, 0.5) is 30.4 Å². The Bertz CT molecular complexity index is 1530. The lowest BCUT2D eigenvalue weighted by molar-refractivity contribution is -0.229. The summed E-state index contributed by atoms with van der Waals surface area (Å²) in [6, 6.07) is 20.7. The number of rotatable bonds is 16. The normalized spacial score (nSPS) is 13.7. The number of anilines is 3. The third kappa shape index (κ3) is 6.54. The number of nitrogens with one attached hydrogen (secondary N) is 1. The van der Waals surface area contributed by atoms with Crippen molar-refractivity contribution in [2.45, 2.75) is 25.9 Å². The second kappa shape index (κ2) is 14.6. The number of halogens is 3. The van der Waals surface area contributed by atoms with E-state index < -0.39 is 25.9 Å². The summed E-state index contributed by atoms with van der Waals surface area (Å²) >= 11 is 0. The highest BCUT2D eigenvalue weighted by Crippen LogP contribution is 2.52. The van der Waals surface area contributed by atoms with E-state index in [0.717, 1.165) is 11.1 Å². The molecule has 0 atom stereocenters. The van der Waals surface area contributed by atoms with Gasteiger partial charge in [-0.15, -0.1) is 0 Å². The molecule has 0 aliphatic carbocycles. The molecule has 8 nitrogen and oxygen atoms in total. The van der Waals surface area contributed by atoms with Crippen LogP contribution >= 0.6 is 0 Å². The number of nitrogens with zero attached hydrogens (tertiary/aromatic N) is 2. The van der Waals surface area contributed by atoms with E-state index in [1.54, 1.807) is 17.0 Å². The minimum atomic E-state index is -1.63. The van der Waals surface area contributed by atoms with Crippen LogP contribution in [0.25, 0.3) is 10.9 Å². The third-order valence-corrected chi connectivity index (χ3v) is 7.22. The fraction of sp³-hybridized carbons (Fsp3) is 0.364. The van der Waals surface area contributed by atoms with Gasteiger partial charge < -0.3 is 29.4 Å². The Morgan fingerprint density at radius 3 is 2.34 bits per heavy atom. The van der Waals surface area contributed by atoms with Crippen molar-refractivity contribution in [3.8, 4) is 11.5 Å². The Kier molecular flexibility index (Phi) is 10.4. The summed E-state index contributed by atoms with van der Waals surface area (Å²) in [6.45, 7) is -0.704. The Morgan fingerprint density at radius 1 is 0.909 bits per heavy atom. The Balaban J connectivity index is 1.68. The van der Waals surface area contributed by atoms with Crippen molar-refractivity contribution >= 4 is 28.1 Å². The van der Waals surface area contributed by atoms with E-state index in [9.17, 15) is 18.3 Å². The smallest absolute Gasteiger partial charge is 0.260 e. The zero-order chi connectivity index (χ0) is 30.9. The highest BCUT2D eigenvalue weighted by Gasteiger charge is 2.50. The van der Waals surface area contributed by atoms with Gasteiger partial charge in [-0.3, -0.25) is 4.90 Å². The second-order valence-electron chi connectivity index (χ2n) is 10.2. The number of alkyl halides is 3. The zero-order valence-corrected chi connectivity index (χ0v) is 24.5. The molecular weight excluding hydrogens is 575 g/mol. The highest BCUT2D eigenvalue weighted by atomic mass is 19.1. The van der Waals surface area contributed by atoms with Crippen molar-refractivity contribution in [3.63, 3.8) is 0 Å². The highest BCUT2D eigenvalue weighted by molar-refractivity contribution is 6.02. The average molecular weight is 612 g/mol. The molecule has 2 N–H and O–H groups in total. The molecule has 0 fully saturated rings. The van der Waals surface area contributed by atoms with Gasteiger partial charge in [0, 0.05) is 23.2 Å². The van der Waals surface area contributed by atoms with Gasteiger partial charge in [0.2, 0.25) is 0 Å². The minimum absolute atomic E-state index is 0.0697. The molecule has 44 heavy (non-hydrogen) atoms. The molecule has 0 unspecified atom stereocenters. The van der Waals surface area contributed by atoms with E-state index in [0.29, 0.717) is 51.8 Å². The maximum absolute atomic E-state index is 13.6. The predicted molar refractivity (Wildman–Crippen MR) is 163 cm³/mol. The van der Waals surface area contributed by atoms with Gasteiger partial charge in [0.15, 0.2) is 0 Å². The van der Waals surface area contributed by atoms with Gasteiger partial charge in [0.1, 0.15) is 56.1 Å². The molecular formula is C33H36F3N3O5. The first-order valence-corrected chi connectivity index (χ1v) is 14.5. The molecule has 2 heterocycles. The SMILES string of the molecule is Cc1cc(OCc2ccccc2)ccc1N1c2c(c(NCCO)nc3c(OCCF)cccc23)CC1(OCCF)OCCF. The topological polar surface area (TPSA) is 85.3 Å². The molecule has 3 aromatic carbocycles. The molecule has 0 bridgehead atoms. The number of aromatic nitrogens is 1. The molecule has 1 aromatic heterocycles. The van der Waals surface area contributed by atoms with Crippen LogP contribution in [0.15, 0.2) is 66.7 Å². The van der Waals surface area contributed by atoms with Crippen molar-refractivity contribution in [3.05, 3.63) is 83.4 Å². The predicted octanol–water partition coefficient (Wildman–Crippen LogP) is 6.19. The van der Waals surface area contributed by atoms with Gasteiger partial charge in [0.05, 0.1) is 31.9 Å². The molecule has 4 aromatic rings. The van der Waals surface area contributed by atoms with Crippen LogP contribution in [-0.2, 0) is 22.5 Å². The number of pyridine rings is 1. The lowest BCUT2D eigenvalue weighted by Gasteiger charge is -2.40. The molecule has 0 amide bonds. The summed E-state index contributed by atoms with van der Waals surface area (Å²) in [4.78, 5) is 6.61. The zero-order valence-electron chi connectivity index (χ0n) is 24.5. The van der Waals surface area contributed by atoms with E-state index in [1.165, 1.54) is 0 Å². The fourth-order valence-corrected chi connectivity index (χ4v) is 5.45. The number of hydrogen-bond donors (Lipinski definition) is 2. The van der Waals surface area contributed by atoms with Crippen molar-refractivity contribution in [2.75, 3.05) is 63.2 Å². The standard InChI is InChI=1S/C33H36F3N3O5/c1-23-20-25(42-22-24-6-3-2-4-7-24)10-11-28(23)39-31-26-8-5-9-29(41-17-12-34)30(26)38-32(37-15-16-40)27(31)21-33(39,43-18-13-35)44-19-14-36/h2-11,20,40H,12-19,21-22H2,1H3,(H,37,38). The largest absolute Gasteiger partial charge is 0.489 e. The van der Waals surface area contributed by atoms with Gasteiger partial charge in [-0.2, -0.15) is 0 Å². The first kappa shape index (κ1) is 31.4. The first-order chi connectivity index (χ1) is 21.5. The van der Waals surface area contributed by atoms with Gasteiger partial charge in [0.25, 0.3) is 5.91 Å². The molecule has 0 saturated carbocycles. The molecule has 0 spiro atoms. The number of aliphatic hydroxyl groups is 1. The van der Waals surface area contributed by atoms with E-state index in [4.69, 9.17) is 23.9 Å². The van der Waals surface area contributed by atoms with Crippen molar-refractivity contribution in [1.82, 2.24) is 4.98 Å². The first-order valence-electron chi connectivity index (χ1n) is 14.5. The number of fused-ring (bicyclic) bond motifs is 3. The maximum Gasteiger partial charge on any atom is 0.260 e. The van der Waals surface area contributed by atoms with Gasteiger partial charge in [-0.25, -0.2) is 18.2 Å². The molecule has 0 radical (unpaired) electrons. The van der Waals surface area contributed by atoms with E-state index >= 15 is 0 Å². The number of para-hydroxylation sites is 1. The molecule has 0 saturated heterocycles.